The van der Waals surface area contributed by atoms with Crippen molar-refractivity contribution in [1.82, 2.24) is 24.8 Å². The molecule has 1 amide bonds. The molecule has 0 bridgehead atoms. The summed E-state index contributed by atoms with van der Waals surface area (Å²) in [5, 5.41) is 11.3. The van der Waals surface area contributed by atoms with E-state index in [-0.39, 0.29) is 60.1 Å². The largest absolute Gasteiger partial charge is 0.462 e. The van der Waals surface area contributed by atoms with Gasteiger partial charge in [-0.05, 0) is 43.7 Å². The van der Waals surface area contributed by atoms with Gasteiger partial charge < -0.3 is 19.6 Å². The number of halogens is 4. The summed E-state index contributed by atoms with van der Waals surface area (Å²) in [5.41, 5.74) is -0.0128. The minimum atomic E-state index is -1.03. The van der Waals surface area contributed by atoms with E-state index in [0.717, 1.165) is 32.2 Å². The van der Waals surface area contributed by atoms with Crippen molar-refractivity contribution in [1.29, 1.82) is 0 Å². The Morgan fingerprint density at radius 1 is 1.11 bits per heavy atom. The van der Waals surface area contributed by atoms with E-state index in [1.54, 1.807) is 24.3 Å². The molecule has 3 saturated heterocycles. The van der Waals surface area contributed by atoms with Gasteiger partial charge in [-0.3, -0.25) is 14.7 Å². The van der Waals surface area contributed by atoms with Crippen LogP contribution in [0.4, 0.5) is 19.0 Å². The molecule has 4 aromatic rings. The van der Waals surface area contributed by atoms with Crippen LogP contribution in [0.15, 0.2) is 48.9 Å². The third-order valence-corrected chi connectivity index (χ3v) is 10.0. The van der Waals surface area contributed by atoms with Gasteiger partial charge >= 0.3 is 6.01 Å². The third-order valence-electron chi connectivity index (χ3n) is 9.67. The van der Waals surface area contributed by atoms with E-state index in [2.05, 4.69) is 26.4 Å². The number of hydrogen-bond acceptors (Lipinski definition) is 8. The van der Waals surface area contributed by atoms with E-state index in [1.165, 1.54) is 17.2 Å². The number of anilines is 1. The molecule has 9 nitrogen and oxygen atoms in total. The fourth-order valence-electron chi connectivity index (χ4n) is 7.30. The number of aromatic nitrogens is 3. The van der Waals surface area contributed by atoms with Crippen molar-refractivity contribution in [2.45, 2.75) is 37.3 Å². The lowest BCUT2D eigenvalue weighted by Crippen LogP contribution is -2.49. The number of aliphatic hydroxyl groups is 1. The fraction of sp³-hybridized carbons (Fsp3) is 0.394. The maximum atomic E-state index is 16.6. The number of hydrogen-bond donors (Lipinski definition) is 1. The second kappa shape index (κ2) is 12.0. The second-order valence-corrected chi connectivity index (χ2v) is 12.5. The molecular weight excluding hydrogens is 621 g/mol. The number of rotatable bonds is 7. The molecule has 7 rings (SSSR count). The van der Waals surface area contributed by atoms with Gasteiger partial charge in [-0.2, -0.15) is 9.97 Å². The summed E-state index contributed by atoms with van der Waals surface area (Å²) in [7, 11) is 0. The average Bonchev–Trinajstić information content (AvgIpc) is 3.65. The first kappa shape index (κ1) is 30.6. The van der Waals surface area contributed by atoms with Gasteiger partial charge in [0.2, 0.25) is 0 Å². The van der Waals surface area contributed by atoms with Gasteiger partial charge in [0.25, 0.3) is 5.91 Å². The summed E-state index contributed by atoms with van der Waals surface area (Å²) >= 11 is 6.37. The van der Waals surface area contributed by atoms with Crippen LogP contribution in [0.25, 0.3) is 32.9 Å². The minimum Gasteiger partial charge on any atom is -0.462 e. The quantitative estimate of drug-likeness (QED) is 0.270. The van der Waals surface area contributed by atoms with E-state index in [0.29, 0.717) is 40.6 Å². The molecule has 1 N–H and O–H groups in total. The number of pyridine rings is 1. The van der Waals surface area contributed by atoms with Crippen molar-refractivity contribution < 1.29 is 27.8 Å². The van der Waals surface area contributed by atoms with Crippen LogP contribution in [-0.2, 0) is 4.79 Å². The molecule has 0 aliphatic carbocycles. The molecule has 46 heavy (non-hydrogen) atoms. The summed E-state index contributed by atoms with van der Waals surface area (Å²) in [6.07, 6.45) is 5.12. The first-order valence-corrected chi connectivity index (χ1v) is 15.7. The highest BCUT2D eigenvalue weighted by atomic mass is 35.5. The normalized spacial score (nSPS) is 21.7. The van der Waals surface area contributed by atoms with E-state index >= 15 is 4.39 Å². The number of piperazine rings is 1. The molecule has 2 atom stereocenters. The van der Waals surface area contributed by atoms with Gasteiger partial charge in [0, 0.05) is 54.9 Å². The van der Waals surface area contributed by atoms with Crippen LogP contribution in [0.5, 0.6) is 6.01 Å². The Morgan fingerprint density at radius 2 is 1.91 bits per heavy atom. The lowest BCUT2D eigenvalue weighted by molar-refractivity contribution is -0.128. The predicted octanol–water partition coefficient (Wildman–Crippen LogP) is 5.28. The van der Waals surface area contributed by atoms with Gasteiger partial charge in [-0.25, -0.2) is 13.2 Å². The van der Waals surface area contributed by atoms with Gasteiger partial charge in [0.05, 0.1) is 17.0 Å². The van der Waals surface area contributed by atoms with Crippen LogP contribution in [0.1, 0.15) is 25.7 Å². The van der Waals surface area contributed by atoms with Crippen LogP contribution >= 0.6 is 11.6 Å². The zero-order valence-corrected chi connectivity index (χ0v) is 25.7. The third kappa shape index (κ3) is 5.12. The maximum Gasteiger partial charge on any atom is 0.319 e. The molecule has 2 aromatic heterocycles. The van der Waals surface area contributed by atoms with Crippen LogP contribution < -0.4 is 9.64 Å². The first-order chi connectivity index (χ1) is 22.2. The Kier molecular flexibility index (Phi) is 7.98. The molecule has 0 spiro atoms. The zero-order valence-electron chi connectivity index (χ0n) is 25.0. The standard InChI is InChI=1S/C33H32ClF3N6O3/c1-19(35)31(45)42-14-12-41(13-15-42)30-23-16-38-28(22-5-2-4-20-6-7-24(36)26(34)25(20)22)27(37)29(23)39-32(40-30)46-17-21-8-10-33(18-44)9-3-11-43(21)33/h2,4-7,16,21,44H,1,3,8-15,17-18H2. The molecule has 2 unspecified atom stereocenters. The maximum absolute atomic E-state index is 16.6. The summed E-state index contributed by atoms with van der Waals surface area (Å²) in [4.78, 5) is 31.3. The Bertz CT molecular complexity index is 1870. The Balaban J connectivity index is 1.28. The van der Waals surface area contributed by atoms with Crippen molar-refractivity contribution in [3.05, 3.63) is 65.6 Å². The number of carbonyl (C=O) groups is 1. The predicted molar refractivity (Wildman–Crippen MR) is 169 cm³/mol. The van der Waals surface area contributed by atoms with E-state index in [4.69, 9.17) is 16.3 Å². The monoisotopic (exact) mass is 652 g/mol. The number of ether oxygens (including phenoxy) is 1. The number of benzene rings is 2. The van der Waals surface area contributed by atoms with E-state index in [1.807, 2.05) is 4.90 Å². The number of aliphatic hydroxyl groups excluding tert-OH is 1. The number of carbonyl (C=O) groups excluding carboxylic acids is 1. The Morgan fingerprint density at radius 3 is 2.67 bits per heavy atom. The summed E-state index contributed by atoms with van der Waals surface area (Å²) in [5.74, 6) is -2.81. The van der Waals surface area contributed by atoms with Crippen LogP contribution in [-0.4, -0.2) is 93.3 Å². The summed E-state index contributed by atoms with van der Waals surface area (Å²) in [6.45, 7) is 5.32. The second-order valence-electron chi connectivity index (χ2n) is 12.1. The number of amides is 1. The first-order valence-electron chi connectivity index (χ1n) is 15.3. The van der Waals surface area contributed by atoms with E-state index < -0.39 is 23.4 Å². The molecule has 0 saturated carbocycles. The van der Waals surface area contributed by atoms with Crippen LogP contribution in [0, 0.1) is 11.6 Å². The lowest BCUT2D eigenvalue weighted by atomic mass is 9.95. The highest BCUT2D eigenvalue weighted by Gasteiger charge is 2.48. The van der Waals surface area contributed by atoms with Gasteiger partial charge in [-0.15, -0.1) is 0 Å². The Hall–Kier alpha value is -4.00. The Labute approximate surface area is 268 Å². The molecule has 5 heterocycles. The lowest BCUT2D eigenvalue weighted by Gasteiger charge is -2.35. The summed E-state index contributed by atoms with van der Waals surface area (Å²) in [6, 6.07) is 7.95. The van der Waals surface area contributed by atoms with Crippen LogP contribution in [0.3, 0.4) is 0 Å². The molecule has 13 heteroatoms. The van der Waals surface area contributed by atoms with Crippen molar-refractivity contribution in [2.75, 3.05) is 50.8 Å². The zero-order chi connectivity index (χ0) is 32.2. The van der Waals surface area contributed by atoms with Gasteiger partial charge in [0.1, 0.15) is 29.5 Å². The number of fused-ring (bicyclic) bond motifs is 3. The molecule has 3 fully saturated rings. The molecule has 3 aliphatic rings. The highest BCUT2D eigenvalue weighted by Crippen LogP contribution is 2.42. The van der Waals surface area contributed by atoms with Crippen LogP contribution in [0.2, 0.25) is 5.02 Å². The van der Waals surface area contributed by atoms with Crippen molar-refractivity contribution in [3.8, 4) is 17.3 Å². The smallest absolute Gasteiger partial charge is 0.319 e. The average molecular weight is 653 g/mol. The SMILES string of the molecule is C=C(F)C(=O)N1CCN(c2nc(OCC3CCC4(CO)CCCN34)nc3c(F)c(-c4cccc5ccc(F)c(Cl)c45)ncc23)CC1. The minimum absolute atomic E-state index is 0.0307. The van der Waals surface area contributed by atoms with Crippen molar-refractivity contribution in [3.63, 3.8) is 0 Å². The molecule has 0 radical (unpaired) electrons. The molecular formula is C33H32ClF3N6O3. The molecule has 3 aliphatic heterocycles. The topological polar surface area (TPSA) is 94.9 Å². The van der Waals surface area contributed by atoms with Gasteiger partial charge in [0.15, 0.2) is 11.6 Å². The molecule has 240 valence electrons. The van der Waals surface area contributed by atoms with Crippen molar-refractivity contribution in [2.24, 2.45) is 0 Å². The highest BCUT2D eigenvalue weighted by molar-refractivity contribution is 6.36. The molecule has 2 aromatic carbocycles. The van der Waals surface area contributed by atoms with Crippen molar-refractivity contribution >= 4 is 45.0 Å². The number of nitrogens with zero attached hydrogens (tertiary/aromatic N) is 6. The van der Waals surface area contributed by atoms with E-state index in [9.17, 15) is 18.7 Å². The summed E-state index contributed by atoms with van der Waals surface area (Å²) < 4.78 is 50.8. The fourth-order valence-corrected chi connectivity index (χ4v) is 7.57. The van der Waals surface area contributed by atoms with Gasteiger partial charge in [-0.1, -0.05) is 42.4 Å².